The van der Waals surface area contributed by atoms with Crippen molar-refractivity contribution >= 4 is 21.7 Å². The van der Waals surface area contributed by atoms with Crippen LogP contribution in [0.15, 0.2) is 0 Å². The van der Waals surface area contributed by atoms with Gasteiger partial charge in [0.05, 0.1) is 11.8 Å². The topological polar surface area (TPSA) is 101 Å². The molecule has 1 aliphatic heterocycles. The minimum atomic E-state index is -3.12. The Bertz CT molecular complexity index is 482. The first-order valence-electron chi connectivity index (χ1n) is 7.12. The molecular weight excluding hydrogens is 294 g/mol. The van der Waals surface area contributed by atoms with Crippen LogP contribution in [0.4, 0.5) is 0 Å². The maximum atomic E-state index is 12.1. The van der Waals surface area contributed by atoms with Gasteiger partial charge in [-0.2, -0.15) is 0 Å². The van der Waals surface area contributed by atoms with E-state index in [9.17, 15) is 18.0 Å². The number of piperazine rings is 1. The molecule has 21 heavy (non-hydrogen) atoms. The van der Waals surface area contributed by atoms with Crippen LogP contribution in [0, 0.1) is 5.92 Å². The van der Waals surface area contributed by atoms with Crippen molar-refractivity contribution < 1.29 is 18.0 Å². The van der Waals surface area contributed by atoms with Crippen LogP contribution in [-0.2, 0) is 19.4 Å². The van der Waals surface area contributed by atoms with Gasteiger partial charge in [0, 0.05) is 38.4 Å². The summed E-state index contributed by atoms with van der Waals surface area (Å²) < 4.78 is 22.2. The van der Waals surface area contributed by atoms with Crippen LogP contribution in [0.2, 0.25) is 0 Å². The standard InChI is InChI=1S/C13H25N3O4S/c1-10(2)12(17)15-5-7-16(8-6-15)13(18)11(14)4-9-21(3,19)20/h10-11H,4-9,14H2,1-3H3. The van der Waals surface area contributed by atoms with Crippen LogP contribution in [0.5, 0.6) is 0 Å². The first-order valence-corrected chi connectivity index (χ1v) is 9.18. The first-order chi connectivity index (χ1) is 9.61. The molecule has 1 saturated heterocycles. The summed E-state index contributed by atoms with van der Waals surface area (Å²) in [5, 5.41) is 0. The molecule has 0 aromatic carbocycles. The molecule has 1 unspecified atom stereocenters. The van der Waals surface area contributed by atoms with Crippen molar-refractivity contribution in [1.82, 2.24) is 9.80 Å². The number of sulfone groups is 1. The van der Waals surface area contributed by atoms with Crippen molar-refractivity contribution in [3.63, 3.8) is 0 Å². The summed E-state index contributed by atoms with van der Waals surface area (Å²) in [5.41, 5.74) is 5.76. The lowest BCUT2D eigenvalue weighted by Crippen LogP contribution is -2.55. The van der Waals surface area contributed by atoms with Gasteiger partial charge < -0.3 is 15.5 Å². The van der Waals surface area contributed by atoms with Crippen molar-refractivity contribution in [3.8, 4) is 0 Å². The van der Waals surface area contributed by atoms with Crippen molar-refractivity contribution in [1.29, 1.82) is 0 Å². The summed E-state index contributed by atoms with van der Waals surface area (Å²) in [6.45, 7) is 5.60. The summed E-state index contributed by atoms with van der Waals surface area (Å²) in [4.78, 5) is 27.3. The minimum absolute atomic E-state index is 0.0516. The van der Waals surface area contributed by atoms with Crippen molar-refractivity contribution in [3.05, 3.63) is 0 Å². The van der Waals surface area contributed by atoms with E-state index in [2.05, 4.69) is 0 Å². The maximum Gasteiger partial charge on any atom is 0.239 e. The summed E-state index contributed by atoms with van der Waals surface area (Å²) in [5.74, 6) is -0.297. The summed E-state index contributed by atoms with van der Waals surface area (Å²) in [6, 6.07) is -0.799. The molecule has 1 fully saturated rings. The molecular formula is C13H25N3O4S. The highest BCUT2D eigenvalue weighted by atomic mass is 32.2. The number of carbonyl (C=O) groups is 2. The molecule has 1 aliphatic rings. The predicted octanol–water partition coefficient (Wildman–Crippen LogP) is -0.925. The van der Waals surface area contributed by atoms with Gasteiger partial charge in [0.25, 0.3) is 0 Å². The van der Waals surface area contributed by atoms with Gasteiger partial charge in [0.2, 0.25) is 11.8 Å². The lowest BCUT2D eigenvalue weighted by atomic mass is 10.1. The molecule has 7 nitrogen and oxygen atoms in total. The zero-order valence-electron chi connectivity index (χ0n) is 12.9. The number of carbonyl (C=O) groups excluding carboxylic acids is 2. The van der Waals surface area contributed by atoms with Crippen LogP contribution < -0.4 is 5.73 Å². The molecule has 8 heteroatoms. The van der Waals surface area contributed by atoms with E-state index in [1.54, 1.807) is 9.80 Å². The molecule has 1 rings (SSSR count). The van der Waals surface area contributed by atoms with E-state index < -0.39 is 15.9 Å². The van der Waals surface area contributed by atoms with Crippen LogP contribution in [0.25, 0.3) is 0 Å². The summed E-state index contributed by atoms with van der Waals surface area (Å²) >= 11 is 0. The molecule has 0 spiro atoms. The monoisotopic (exact) mass is 319 g/mol. The van der Waals surface area contributed by atoms with E-state index in [0.717, 1.165) is 6.26 Å². The van der Waals surface area contributed by atoms with Crippen LogP contribution >= 0.6 is 0 Å². The molecule has 122 valence electrons. The Balaban J connectivity index is 2.46. The number of amides is 2. The van der Waals surface area contributed by atoms with E-state index >= 15 is 0 Å². The second kappa shape index (κ2) is 7.22. The van der Waals surface area contributed by atoms with Gasteiger partial charge in [-0.3, -0.25) is 9.59 Å². The number of nitrogens with zero attached hydrogens (tertiary/aromatic N) is 2. The predicted molar refractivity (Wildman–Crippen MR) is 80.3 cm³/mol. The highest BCUT2D eigenvalue weighted by Gasteiger charge is 2.28. The molecule has 0 saturated carbocycles. The average molecular weight is 319 g/mol. The zero-order chi connectivity index (χ0) is 16.2. The lowest BCUT2D eigenvalue weighted by Gasteiger charge is -2.36. The molecule has 0 aromatic rings. The maximum absolute atomic E-state index is 12.1. The average Bonchev–Trinajstić information content (AvgIpc) is 2.42. The fourth-order valence-electron chi connectivity index (χ4n) is 2.21. The quantitative estimate of drug-likeness (QED) is 0.706. The van der Waals surface area contributed by atoms with Crippen LogP contribution in [0.3, 0.4) is 0 Å². The minimum Gasteiger partial charge on any atom is -0.339 e. The van der Waals surface area contributed by atoms with Crippen LogP contribution in [0.1, 0.15) is 20.3 Å². The fraction of sp³-hybridized carbons (Fsp3) is 0.846. The van der Waals surface area contributed by atoms with Crippen molar-refractivity contribution in [2.45, 2.75) is 26.3 Å². The molecule has 0 radical (unpaired) electrons. The Morgan fingerprint density at radius 2 is 1.48 bits per heavy atom. The molecule has 2 amide bonds. The lowest BCUT2D eigenvalue weighted by molar-refractivity contribution is -0.142. The summed E-state index contributed by atoms with van der Waals surface area (Å²) in [7, 11) is -3.12. The molecule has 2 N–H and O–H groups in total. The Morgan fingerprint density at radius 3 is 1.86 bits per heavy atom. The number of nitrogens with two attached hydrogens (primary N) is 1. The van der Waals surface area contributed by atoms with Gasteiger partial charge in [-0.25, -0.2) is 8.42 Å². The van der Waals surface area contributed by atoms with E-state index in [1.165, 1.54) is 0 Å². The molecule has 1 heterocycles. The highest BCUT2D eigenvalue weighted by Crippen LogP contribution is 2.09. The third kappa shape index (κ3) is 5.62. The van der Waals surface area contributed by atoms with E-state index in [4.69, 9.17) is 5.73 Å². The number of hydrogen-bond acceptors (Lipinski definition) is 5. The fourth-order valence-corrected chi connectivity index (χ4v) is 2.89. The molecule has 0 bridgehead atoms. The number of hydrogen-bond donors (Lipinski definition) is 1. The Morgan fingerprint density at radius 1 is 1.05 bits per heavy atom. The Labute approximate surface area is 126 Å². The molecule has 0 aliphatic carbocycles. The first kappa shape index (κ1) is 17.9. The Hall–Kier alpha value is -1.15. The second-order valence-corrected chi connectivity index (χ2v) is 8.09. The van der Waals surface area contributed by atoms with E-state index in [-0.39, 0.29) is 29.9 Å². The number of rotatable bonds is 5. The zero-order valence-corrected chi connectivity index (χ0v) is 13.7. The summed E-state index contributed by atoms with van der Waals surface area (Å²) in [6.07, 6.45) is 1.25. The Kier molecular flexibility index (Phi) is 6.15. The molecule has 1 atom stereocenters. The third-order valence-corrected chi connectivity index (χ3v) is 4.49. The highest BCUT2D eigenvalue weighted by molar-refractivity contribution is 7.90. The molecule has 0 aromatic heterocycles. The third-order valence-electron chi connectivity index (χ3n) is 3.51. The van der Waals surface area contributed by atoms with Gasteiger partial charge in [0.15, 0.2) is 0 Å². The van der Waals surface area contributed by atoms with E-state index in [1.807, 2.05) is 13.8 Å². The van der Waals surface area contributed by atoms with Gasteiger partial charge in [-0.05, 0) is 6.42 Å². The van der Waals surface area contributed by atoms with E-state index in [0.29, 0.717) is 26.2 Å². The van der Waals surface area contributed by atoms with Gasteiger partial charge >= 0.3 is 0 Å². The SMILES string of the molecule is CC(C)C(=O)N1CCN(C(=O)C(N)CCS(C)(=O)=O)CC1. The normalized spacial score (nSPS) is 18.0. The smallest absolute Gasteiger partial charge is 0.239 e. The van der Waals surface area contributed by atoms with Gasteiger partial charge in [-0.15, -0.1) is 0 Å². The largest absolute Gasteiger partial charge is 0.339 e. The second-order valence-electron chi connectivity index (χ2n) is 5.83. The van der Waals surface area contributed by atoms with Crippen molar-refractivity contribution in [2.75, 3.05) is 38.2 Å². The van der Waals surface area contributed by atoms with Crippen LogP contribution in [-0.4, -0.2) is 74.3 Å². The van der Waals surface area contributed by atoms with Gasteiger partial charge in [0.1, 0.15) is 9.84 Å². The van der Waals surface area contributed by atoms with Gasteiger partial charge in [-0.1, -0.05) is 13.8 Å². The van der Waals surface area contributed by atoms with Crippen molar-refractivity contribution in [2.24, 2.45) is 11.7 Å².